The third kappa shape index (κ3) is 4.23. The molecule has 154 valence electrons. The highest BCUT2D eigenvalue weighted by Gasteiger charge is 2.33. The Balaban J connectivity index is 1.37. The summed E-state index contributed by atoms with van der Waals surface area (Å²) in [7, 11) is -3.50. The van der Waals surface area contributed by atoms with Crippen molar-refractivity contribution in [2.24, 2.45) is 5.92 Å². The first-order valence-electron chi connectivity index (χ1n) is 10.4. The van der Waals surface area contributed by atoms with Gasteiger partial charge in [-0.15, -0.1) is 0 Å². The lowest BCUT2D eigenvalue weighted by atomic mass is 9.96. The normalized spacial score (nSPS) is 18.9. The highest BCUT2D eigenvalue weighted by atomic mass is 32.2. The van der Waals surface area contributed by atoms with Crippen molar-refractivity contribution in [1.82, 2.24) is 9.62 Å². The maximum Gasteiger partial charge on any atom is 0.243 e. The first-order chi connectivity index (χ1) is 13.9. The molecule has 1 heterocycles. The van der Waals surface area contributed by atoms with E-state index >= 15 is 0 Å². The van der Waals surface area contributed by atoms with Crippen molar-refractivity contribution in [3.63, 3.8) is 0 Å². The predicted molar refractivity (Wildman–Crippen MR) is 113 cm³/mol. The Hall–Kier alpha value is -2.18. The van der Waals surface area contributed by atoms with E-state index < -0.39 is 10.0 Å². The van der Waals surface area contributed by atoms with Gasteiger partial charge >= 0.3 is 0 Å². The van der Waals surface area contributed by atoms with Gasteiger partial charge in [0.1, 0.15) is 0 Å². The van der Waals surface area contributed by atoms with Crippen LogP contribution in [0.3, 0.4) is 0 Å². The Labute approximate surface area is 173 Å². The minimum Gasteiger partial charge on any atom is -0.349 e. The molecule has 1 atom stereocenters. The van der Waals surface area contributed by atoms with Gasteiger partial charge < -0.3 is 5.32 Å². The molecule has 0 unspecified atom stereocenters. The van der Waals surface area contributed by atoms with Crippen LogP contribution in [-0.4, -0.2) is 31.7 Å². The Morgan fingerprint density at radius 1 is 1.03 bits per heavy atom. The van der Waals surface area contributed by atoms with E-state index in [2.05, 4.69) is 5.32 Å². The molecule has 1 fully saturated rings. The number of rotatable bonds is 5. The van der Waals surface area contributed by atoms with Crippen LogP contribution < -0.4 is 5.32 Å². The number of sulfonamides is 1. The third-order valence-electron chi connectivity index (χ3n) is 6.19. The molecule has 1 aliphatic heterocycles. The van der Waals surface area contributed by atoms with Crippen LogP contribution >= 0.6 is 0 Å². The smallest absolute Gasteiger partial charge is 0.243 e. The Bertz CT molecular complexity index is 980. The van der Waals surface area contributed by atoms with Crippen molar-refractivity contribution < 1.29 is 13.2 Å². The number of carbonyl (C=O) groups excluding carboxylic acids is 1. The molecule has 4 rings (SSSR count). The van der Waals surface area contributed by atoms with Crippen LogP contribution in [-0.2, 0) is 27.7 Å². The number of nitrogens with one attached hydrogen (secondary N) is 1. The van der Waals surface area contributed by atoms with Crippen LogP contribution in [0.1, 0.15) is 48.9 Å². The average molecular weight is 413 g/mol. The zero-order valence-corrected chi connectivity index (χ0v) is 17.6. The van der Waals surface area contributed by atoms with Gasteiger partial charge in [0.15, 0.2) is 0 Å². The summed E-state index contributed by atoms with van der Waals surface area (Å²) in [6.07, 6.45) is 4.20. The third-order valence-corrected chi connectivity index (χ3v) is 8.09. The largest absolute Gasteiger partial charge is 0.349 e. The monoisotopic (exact) mass is 412 g/mol. The van der Waals surface area contributed by atoms with Gasteiger partial charge in [0.05, 0.1) is 10.9 Å². The highest BCUT2D eigenvalue weighted by molar-refractivity contribution is 7.89. The molecular weight excluding hydrogens is 384 g/mol. The zero-order chi connectivity index (χ0) is 20.4. The van der Waals surface area contributed by atoms with E-state index in [1.54, 1.807) is 6.07 Å². The van der Waals surface area contributed by atoms with Gasteiger partial charge in [0.2, 0.25) is 15.9 Å². The highest BCUT2D eigenvalue weighted by Crippen LogP contribution is 2.29. The number of piperidine rings is 1. The summed E-state index contributed by atoms with van der Waals surface area (Å²) < 4.78 is 27.6. The number of benzene rings is 2. The summed E-state index contributed by atoms with van der Waals surface area (Å²) in [5.74, 6) is -0.136. The first-order valence-corrected chi connectivity index (χ1v) is 11.9. The maximum absolute atomic E-state index is 13.1. The Morgan fingerprint density at radius 3 is 2.45 bits per heavy atom. The fourth-order valence-corrected chi connectivity index (χ4v) is 5.89. The second-order valence-corrected chi connectivity index (χ2v) is 10.0. The Kier molecular flexibility index (Phi) is 5.74. The van der Waals surface area contributed by atoms with Crippen molar-refractivity contribution in [2.75, 3.05) is 13.1 Å². The SMILES string of the molecule is C[C@@H](NC(=O)C1CCN(S(=O)(=O)c2ccc3c(c2)CCC3)CC1)c1ccccc1. The fourth-order valence-electron chi connectivity index (χ4n) is 4.37. The van der Waals surface area contributed by atoms with Gasteiger partial charge in [0.25, 0.3) is 0 Å². The molecule has 0 bridgehead atoms. The summed E-state index contributed by atoms with van der Waals surface area (Å²) in [5, 5.41) is 3.07. The molecule has 1 saturated heterocycles. The van der Waals surface area contributed by atoms with Gasteiger partial charge in [-0.3, -0.25) is 4.79 Å². The predicted octanol–water partition coefficient (Wildman–Crippen LogP) is 3.45. The Morgan fingerprint density at radius 2 is 1.72 bits per heavy atom. The summed E-state index contributed by atoms with van der Waals surface area (Å²) >= 11 is 0. The molecule has 0 radical (unpaired) electrons. The van der Waals surface area contributed by atoms with Crippen molar-refractivity contribution in [3.8, 4) is 0 Å². The molecular formula is C23H28N2O3S. The molecule has 6 heteroatoms. The minimum atomic E-state index is -3.50. The quantitative estimate of drug-likeness (QED) is 0.818. The summed E-state index contributed by atoms with van der Waals surface area (Å²) in [6, 6.07) is 15.3. The van der Waals surface area contributed by atoms with E-state index in [9.17, 15) is 13.2 Å². The molecule has 2 aliphatic rings. The molecule has 1 aliphatic carbocycles. The number of nitrogens with zero attached hydrogens (tertiary/aromatic N) is 1. The van der Waals surface area contributed by atoms with Gasteiger partial charge in [-0.05, 0) is 67.9 Å². The van der Waals surface area contributed by atoms with E-state index in [1.165, 1.54) is 9.87 Å². The number of aryl methyl sites for hydroxylation is 2. The second kappa shape index (κ2) is 8.28. The lowest BCUT2D eigenvalue weighted by Crippen LogP contribution is -2.43. The molecule has 0 saturated carbocycles. The molecule has 0 aromatic heterocycles. The average Bonchev–Trinajstić information content (AvgIpc) is 3.22. The number of hydrogen-bond donors (Lipinski definition) is 1. The number of hydrogen-bond acceptors (Lipinski definition) is 3. The molecule has 5 nitrogen and oxygen atoms in total. The lowest BCUT2D eigenvalue weighted by molar-refractivity contribution is -0.126. The van der Waals surface area contributed by atoms with E-state index in [0.717, 1.165) is 30.4 Å². The van der Waals surface area contributed by atoms with Crippen molar-refractivity contribution >= 4 is 15.9 Å². The fraction of sp³-hybridized carbons (Fsp3) is 0.435. The zero-order valence-electron chi connectivity index (χ0n) is 16.8. The maximum atomic E-state index is 13.1. The summed E-state index contributed by atoms with van der Waals surface area (Å²) in [4.78, 5) is 13.0. The van der Waals surface area contributed by atoms with Crippen LogP contribution in [0.25, 0.3) is 0 Å². The first kappa shape index (κ1) is 20.1. The molecule has 1 amide bonds. The lowest BCUT2D eigenvalue weighted by Gasteiger charge is -2.31. The van der Waals surface area contributed by atoms with Crippen molar-refractivity contribution in [1.29, 1.82) is 0 Å². The van der Waals surface area contributed by atoms with Gasteiger partial charge in [-0.1, -0.05) is 36.4 Å². The number of carbonyl (C=O) groups is 1. The van der Waals surface area contributed by atoms with Crippen molar-refractivity contribution in [2.45, 2.75) is 50.0 Å². The summed E-state index contributed by atoms with van der Waals surface area (Å²) in [5.41, 5.74) is 3.50. The molecule has 0 spiro atoms. The molecule has 2 aromatic rings. The number of amides is 1. The molecule has 2 aromatic carbocycles. The molecule has 1 N–H and O–H groups in total. The van der Waals surface area contributed by atoms with E-state index in [4.69, 9.17) is 0 Å². The van der Waals surface area contributed by atoms with Crippen LogP contribution in [0.4, 0.5) is 0 Å². The van der Waals surface area contributed by atoms with Crippen LogP contribution in [0.5, 0.6) is 0 Å². The van der Waals surface area contributed by atoms with Crippen molar-refractivity contribution in [3.05, 3.63) is 65.2 Å². The number of fused-ring (bicyclic) bond motifs is 1. The van der Waals surface area contributed by atoms with Crippen LogP contribution in [0.2, 0.25) is 0 Å². The van der Waals surface area contributed by atoms with E-state index in [0.29, 0.717) is 30.8 Å². The standard InChI is InChI=1S/C23H28N2O3S/c1-17(18-6-3-2-4-7-18)24-23(26)20-12-14-25(15-13-20)29(27,28)22-11-10-19-8-5-9-21(19)16-22/h2-4,6-7,10-11,16-17,20H,5,8-9,12-15H2,1H3,(H,24,26)/t17-/m1/s1. The minimum absolute atomic E-state index is 0.0101. The van der Waals surface area contributed by atoms with E-state index in [1.807, 2.05) is 49.4 Å². The van der Waals surface area contributed by atoms with Crippen LogP contribution in [0, 0.1) is 5.92 Å². The second-order valence-electron chi connectivity index (χ2n) is 8.10. The van der Waals surface area contributed by atoms with Gasteiger partial charge in [-0.25, -0.2) is 8.42 Å². The van der Waals surface area contributed by atoms with Gasteiger partial charge in [0, 0.05) is 19.0 Å². The molecule has 29 heavy (non-hydrogen) atoms. The van der Waals surface area contributed by atoms with E-state index in [-0.39, 0.29) is 17.9 Å². The summed E-state index contributed by atoms with van der Waals surface area (Å²) in [6.45, 7) is 2.75. The topological polar surface area (TPSA) is 66.5 Å². The van der Waals surface area contributed by atoms with Gasteiger partial charge in [-0.2, -0.15) is 4.31 Å². The van der Waals surface area contributed by atoms with Crippen LogP contribution in [0.15, 0.2) is 53.4 Å².